The van der Waals surface area contributed by atoms with E-state index in [1.165, 1.54) is 12.8 Å². The zero-order valence-corrected chi connectivity index (χ0v) is 18.3. The van der Waals surface area contributed by atoms with Crippen LogP contribution in [0, 0.1) is 0 Å². The molecule has 2 saturated heterocycles. The van der Waals surface area contributed by atoms with E-state index in [2.05, 4.69) is 20.1 Å². The van der Waals surface area contributed by atoms with Crippen LogP contribution < -0.4 is 9.64 Å². The van der Waals surface area contributed by atoms with Crippen molar-refractivity contribution in [2.45, 2.75) is 31.6 Å². The van der Waals surface area contributed by atoms with Gasteiger partial charge in [-0.25, -0.2) is 9.97 Å². The summed E-state index contributed by atoms with van der Waals surface area (Å²) in [5.74, 6) is 1.57. The van der Waals surface area contributed by atoms with E-state index in [9.17, 15) is 4.79 Å². The lowest BCUT2D eigenvalue weighted by molar-refractivity contribution is 0.0702. The Morgan fingerprint density at radius 2 is 1.97 bits per heavy atom. The van der Waals surface area contributed by atoms with Crippen LogP contribution in [0.5, 0.6) is 5.75 Å². The molecule has 32 heavy (non-hydrogen) atoms. The molecule has 5 rings (SSSR count). The van der Waals surface area contributed by atoms with Gasteiger partial charge in [-0.3, -0.25) is 9.89 Å². The third-order valence-electron chi connectivity index (χ3n) is 6.43. The number of para-hydroxylation sites is 1. The van der Waals surface area contributed by atoms with Gasteiger partial charge in [0.05, 0.1) is 24.6 Å². The van der Waals surface area contributed by atoms with Crippen LogP contribution in [0.2, 0.25) is 0 Å². The first-order valence-corrected chi connectivity index (χ1v) is 11.3. The average molecular weight is 433 g/mol. The summed E-state index contributed by atoms with van der Waals surface area (Å²) >= 11 is 0. The van der Waals surface area contributed by atoms with Crippen LogP contribution in [0.25, 0.3) is 11.3 Å². The summed E-state index contributed by atoms with van der Waals surface area (Å²) in [6.07, 6.45) is 7.96. The number of hydrogen-bond donors (Lipinski definition) is 1. The molecule has 1 N–H and O–H groups in total. The predicted molar refractivity (Wildman–Crippen MR) is 122 cm³/mol. The average Bonchev–Trinajstić information content (AvgIpc) is 3.56. The number of nitrogens with zero attached hydrogens (tertiary/aromatic N) is 5. The Bertz CT molecular complexity index is 1090. The number of rotatable bonds is 5. The van der Waals surface area contributed by atoms with Crippen LogP contribution in [0.3, 0.4) is 0 Å². The van der Waals surface area contributed by atoms with Crippen molar-refractivity contribution in [1.82, 2.24) is 25.1 Å². The third kappa shape index (κ3) is 3.92. The molecule has 2 aliphatic heterocycles. The van der Waals surface area contributed by atoms with Crippen LogP contribution in [0.4, 0.5) is 5.95 Å². The molecule has 0 radical (unpaired) electrons. The quantitative estimate of drug-likeness (QED) is 0.664. The fraction of sp³-hybridized carbons (Fsp3) is 0.417. The number of piperidine rings is 1. The maximum atomic E-state index is 13.2. The standard InChI is InChI=1S/C24H28N6O2/c1-32-21-9-3-2-8-18(21)23(31)30-14-6-7-17(16-30)22-19(15-26-28-22)20-10-11-25-24(27-20)29-12-4-5-13-29/h2-3,8-11,15,17H,4-7,12-14,16H2,1H3,(H,26,28)/t17-/m0/s1. The second kappa shape index (κ2) is 8.98. The molecule has 2 aliphatic rings. The van der Waals surface area contributed by atoms with Crippen molar-refractivity contribution in [2.24, 2.45) is 0 Å². The van der Waals surface area contributed by atoms with Gasteiger partial charge in [-0.05, 0) is 43.9 Å². The van der Waals surface area contributed by atoms with E-state index >= 15 is 0 Å². The van der Waals surface area contributed by atoms with Gasteiger partial charge in [0.15, 0.2) is 0 Å². The zero-order chi connectivity index (χ0) is 21.9. The second-order valence-electron chi connectivity index (χ2n) is 8.42. The van der Waals surface area contributed by atoms with Gasteiger partial charge in [-0.15, -0.1) is 0 Å². The van der Waals surface area contributed by atoms with Gasteiger partial charge in [0.1, 0.15) is 5.75 Å². The highest BCUT2D eigenvalue weighted by atomic mass is 16.5. The number of aromatic amines is 1. The molecular formula is C24H28N6O2. The van der Waals surface area contributed by atoms with Crippen molar-refractivity contribution in [3.8, 4) is 17.0 Å². The Labute approximate surface area is 187 Å². The molecule has 166 valence electrons. The van der Waals surface area contributed by atoms with Crippen molar-refractivity contribution in [3.05, 3.63) is 54.0 Å². The number of ether oxygens (including phenoxy) is 1. The molecule has 0 aliphatic carbocycles. The van der Waals surface area contributed by atoms with Gasteiger partial charge in [-0.1, -0.05) is 12.1 Å². The highest BCUT2D eigenvalue weighted by molar-refractivity contribution is 5.97. The Balaban J connectivity index is 1.38. The molecular weight excluding hydrogens is 404 g/mol. The number of aromatic nitrogens is 4. The summed E-state index contributed by atoms with van der Waals surface area (Å²) in [4.78, 5) is 26.7. The molecule has 8 nitrogen and oxygen atoms in total. The fourth-order valence-electron chi connectivity index (χ4n) is 4.77. The first-order chi connectivity index (χ1) is 15.7. The lowest BCUT2D eigenvalue weighted by atomic mass is 9.91. The number of H-pyrrole nitrogens is 1. The summed E-state index contributed by atoms with van der Waals surface area (Å²) in [6.45, 7) is 3.38. The molecule has 2 fully saturated rings. The minimum Gasteiger partial charge on any atom is -0.496 e. The van der Waals surface area contributed by atoms with Crippen LogP contribution in [-0.4, -0.2) is 64.3 Å². The molecule has 0 bridgehead atoms. The van der Waals surface area contributed by atoms with Crippen molar-refractivity contribution in [1.29, 1.82) is 0 Å². The highest BCUT2D eigenvalue weighted by Gasteiger charge is 2.29. The predicted octanol–water partition coefficient (Wildman–Crippen LogP) is 3.50. The maximum absolute atomic E-state index is 13.2. The maximum Gasteiger partial charge on any atom is 0.257 e. The SMILES string of the molecule is COc1ccccc1C(=O)N1CCC[C@H](c2[nH]ncc2-c2ccnc(N3CCCC3)n2)C1. The lowest BCUT2D eigenvalue weighted by Gasteiger charge is -2.33. The molecule has 0 spiro atoms. The number of benzene rings is 1. The number of hydrogen-bond acceptors (Lipinski definition) is 6. The highest BCUT2D eigenvalue weighted by Crippen LogP contribution is 2.34. The molecule has 0 saturated carbocycles. The van der Waals surface area contributed by atoms with E-state index < -0.39 is 0 Å². The van der Waals surface area contributed by atoms with Gasteiger partial charge in [0.25, 0.3) is 5.91 Å². The monoisotopic (exact) mass is 432 g/mol. The van der Waals surface area contributed by atoms with Gasteiger partial charge in [0.2, 0.25) is 5.95 Å². The van der Waals surface area contributed by atoms with Crippen LogP contribution in [0.15, 0.2) is 42.7 Å². The Morgan fingerprint density at radius 3 is 2.81 bits per heavy atom. The molecule has 4 heterocycles. The number of carbonyl (C=O) groups excluding carboxylic acids is 1. The third-order valence-corrected chi connectivity index (χ3v) is 6.43. The minimum absolute atomic E-state index is 0.00608. The number of amides is 1. The molecule has 1 amide bonds. The first-order valence-electron chi connectivity index (χ1n) is 11.3. The molecule has 8 heteroatoms. The Kier molecular flexibility index (Phi) is 5.75. The van der Waals surface area contributed by atoms with E-state index in [4.69, 9.17) is 9.72 Å². The molecule has 0 unspecified atom stereocenters. The fourth-order valence-corrected chi connectivity index (χ4v) is 4.77. The smallest absolute Gasteiger partial charge is 0.257 e. The van der Waals surface area contributed by atoms with Gasteiger partial charge in [0, 0.05) is 49.6 Å². The van der Waals surface area contributed by atoms with E-state index in [0.29, 0.717) is 17.9 Å². The number of carbonyl (C=O) groups is 1. The topological polar surface area (TPSA) is 87.2 Å². The number of nitrogens with one attached hydrogen (secondary N) is 1. The van der Waals surface area contributed by atoms with Crippen molar-refractivity contribution in [3.63, 3.8) is 0 Å². The van der Waals surface area contributed by atoms with Gasteiger partial charge in [-0.2, -0.15) is 5.10 Å². The van der Waals surface area contributed by atoms with Crippen LogP contribution >= 0.6 is 0 Å². The summed E-state index contributed by atoms with van der Waals surface area (Å²) < 4.78 is 5.40. The molecule has 3 aromatic rings. The van der Waals surface area contributed by atoms with Gasteiger partial charge >= 0.3 is 0 Å². The normalized spacial score (nSPS) is 18.7. The zero-order valence-electron chi connectivity index (χ0n) is 18.3. The summed E-state index contributed by atoms with van der Waals surface area (Å²) in [5, 5.41) is 7.53. The molecule has 1 aromatic carbocycles. The number of likely N-dealkylation sites (tertiary alicyclic amines) is 1. The largest absolute Gasteiger partial charge is 0.496 e. The summed E-state index contributed by atoms with van der Waals surface area (Å²) in [6, 6.07) is 9.34. The van der Waals surface area contributed by atoms with Crippen LogP contribution in [0.1, 0.15) is 47.7 Å². The lowest BCUT2D eigenvalue weighted by Crippen LogP contribution is -2.39. The second-order valence-corrected chi connectivity index (χ2v) is 8.42. The van der Waals surface area contributed by atoms with E-state index in [0.717, 1.165) is 55.4 Å². The summed E-state index contributed by atoms with van der Waals surface area (Å²) in [5.41, 5.74) is 3.50. The molecule has 2 aromatic heterocycles. The van der Waals surface area contributed by atoms with Gasteiger partial charge < -0.3 is 14.5 Å². The van der Waals surface area contributed by atoms with Crippen molar-refractivity contribution in [2.75, 3.05) is 38.2 Å². The minimum atomic E-state index is 0.00608. The van der Waals surface area contributed by atoms with E-state index in [1.807, 2.05) is 47.6 Å². The Hall–Kier alpha value is -3.42. The van der Waals surface area contributed by atoms with Crippen molar-refractivity contribution < 1.29 is 9.53 Å². The number of anilines is 1. The van der Waals surface area contributed by atoms with Crippen molar-refractivity contribution >= 4 is 11.9 Å². The van der Waals surface area contributed by atoms with Crippen LogP contribution in [-0.2, 0) is 0 Å². The van der Waals surface area contributed by atoms with E-state index in [1.54, 1.807) is 7.11 Å². The first kappa shape index (κ1) is 20.5. The van der Waals surface area contributed by atoms with E-state index in [-0.39, 0.29) is 11.8 Å². The summed E-state index contributed by atoms with van der Waals surface area (Å²) in [7, 11) is 1.60. The Morgan fingerprint density at radius 1 is 1.12 bits per heavy atom. The molecule has 1 atom stereocenters. The number of methoxy groups -OCH3 is 1.